The van der Waals surface area contributed by atoms with Gasteiger partial charge in [0.05, 0.1) is 5.69 Å². The number of hydrogen-bond acceptors (Lipinski definition) is 3. The maximum absolute atomic E-state index is 4.21. The fraction of sp³-hybridized carbons (Fsp3) is 0.167. The van der Waals surface area contributed by atoms with Gasteiger partial charge in [0.15, 0.2) is 5.65 Å². The van der Waals surface area contributed by atoms with Crippen molar-refractivity contribution in [3.05, 3.63) is 59.2 Å². The molecule has 0 N–H and O–H groups in total. The number of fused-ring (bicyclic) bond motifs is 3. The van der Waals surface area contributed by atoms with Crippen LogP contribution in [0.15, 0.2) is 42.5 Å². The molecule has 2 aromatic heterocycles. The van der Waals surface area contributed by atoms with Gasteiger partial charge in [0, 0.05) is 10.9 Å². The van der Waals surface area contributed by atoms with Crippen LogP contribution < -0.4 is 0 Å². The van der Waals surface area contributed by atoms with Crippen LogP contribution in [-0.2, 0) is 0 Å². The van der Waals surface area contributed by atoms with Gasteiger partial charge in [-0.05, 0) is 53.8 Å². The fourth-order valence-corrected chi connectivity index (χ4v) is 3.31. The standard InChI is InChI=1S/C18H16N4/c1-11-8-12(2)17(13(3)9-11)16-10-14-6-4-5-7-15(14)18-19-20-21-22(16)18/h4-10H,1-3H3. The molecule has 0 radical (unpaired) electrons. The zero-order chi connectivity index (χ0) is 15.3. The van der Waals surface area contributed by atoms with E-state index >= 15 is 0 Å². The highest BCUT2D eigenvalue weighted by atomic mass is 15.5. The molecule has 0 atom stereocenters. The van der Waals surface area contributed by atoms with Crippen molar-refractivity contribution in [1.82, 2.24) is 20.0 Å². The van der Waals surface area contributed by atoms with E-state index in [0.29, 0.717) is 0 Å². The van der Waals surface area contributed by atoms with E-state index in [1.165, 1.54) is 22.3 Å². The quantitative estimate of drug-likeness (QED) is 0.534. The predicted octanol–water partition coefficient (Wildman–Crippen LogP) is 3.87. The third-order valence-electron chi connectivity index (χ3n) is 4.12. The van der Waals surface area contributed by atoms with Gasteiger partial charge in [-0.15, -0.1) is 5.10 Å². The molecule has 22 heavy (non-hydrogen) atoms. The minimum absolute atomic E-state index is 0.799. The Morgan fingerprint density at radius 1 is 0.909 bits per heavy atom. The Morgan fingerprint density at radius 2 is 1.64 bits per heavy atom. The second-order valence-corrected chi connectivity index (χ2v) is 5.80. The van der Waals surface area contributed by atoms with E-state index in [4.69, 9.17) is 0 Å². The van der Waals surface area contributed by atoms with Crippen molar-refractivity contribution in [3.8, 4) is 11.3 Å². The lowest BCUT2D eigenvalue weighted by Gasteiger charge is -2.13. The van der Waals surface area contributed by atoms with Gasteiger partial charge in [-0.2, -0.15) is 4.52 Å². The van der Waals surface area contributed by atoms with E-state index in [2.05, 4.69) is 66.6 Å². The van der Waals surface area contributed by atoms with Crippen molar-refractivity contribution >= 4 is 16.4 Å². The molecule has 0 bridgehead atoms. The lowest BCUT2D eigenvalue weighted by atomic mass is 9.96. The summed E-state index contributed by atoms with van der Waals surface area (Å²) >= 11 is 0. The Morgan fingerprint density at radius 3 is 2.41 bits per heavy atom. The van der Waals surface area contributed by atoms with Crippen molar-refractivity contribution in [2.24, 2.45) is 0 Å². The smallest absolute Gasteiger partial charge is 0.187 e. The van der Waals surface area contributed by atoms with Crippen LogP contribution >= 0.6 is 0 Å². The van der Waals surface area contributed by atoms with Crippen LogP contribution in [0.1, 0.15) is 16.7 Å². The number of rotatable bonds is 1. The van der Waals surface area contributed by atoms with Crippen LogP contribution in [-0.4, -0.2) is 20.0 Å². The van der Waals surface area contributed by atoms with Crippen molar-refractivity contribution in [3.63, 3.8) is 0 Å². The van der Waals surface area contributed by atoms with Crippen LogP contribution in [0.2, 0.25) is 0 Å². The van der Waals surface area contributed by atoms with Crippen LogP contribution in [0.25, 0.3) is 27.7 Å². The highest BCUT2D eigenvalue weighted by molar-refractivity contribution is 5.96. The third-order valence-corrected chi connectivity index (χ3v) is 4.12. The first-order valence-corrected chi connectivity index (χ1v) is 7.33. The van der Waals surface area contributed by atoms with Crippen LogP contribution in [0.5, 0.6) is 0 Å². The molecular formula is C18H16N4. The number of aromatic nitrogens is 4. The molecule has 4 aromatic rings. The van der Waals surface area contributed by atoms with E-state index in [1.807, 2.05) is 16.6 Å². The van der Waals surface area contributed by atoms with Crippen molar-refractivity contribution in [2.75, 3.05) is 0 Å². The monoisotopic (exact) mass is 288 g/mol. The normalized spacial score (nSPS) is 11.4. The lowest BCUT2D eigenvalue weighted by molar-refractivity contribution is 0.828. The molecule has 0 fully saturated rings. The van der Waals surface area contributed by atoms with Crippen LogP contribution in [0.3, 0.4) is 0 Å². The van der Waals surface area contributed by atoms with E-state index < -0.39 is 0 Å². The van der Waals surface area contributed by atoms with Gasteiger partial charge in [0.2, 0.25) is 0 Å². The Labute approximate surface area is 128 Å². The summed E-state index contributed by atoms with van der Waals surface area (Å²) in [6, 6.07) is 14.8. The van der Waals surface area contributed by atoms with Gasteiger partial charge in [-0.1, -0.05) is 42.0 Å². The second-order valence-electron chi connectivity index (χ2n) is 5.80. The number of tetrazole rings is 1. The molecule has 4 heteroatoms. The van der Waals surface area contributed by atoms with Crippen molar-refractivity contribution < 1.29 is 0 Å². The minimum atomic E-state index is 0.799. The summed E-state index contributed by atoms with van der Waals surface area (Å²) in [7, 11) is 0. The second kappa shape index (κ2) is 4.63. The molecule has 0 aliphatic carbocycles. The topological polar surface area (TPSA) is 43.1 Å². The van der Waals surface area contributed by atoms with Gasteiger partial charge in [0.1, 0.15) is 0 Å². The number of aryl methyl sites for hydroxylation is 3. The van der Waals surface area contributed by atoms with Gasteiger partial charge >= 0.3 is 0 Å². The highest BCUT2D eigenvalue weighted by Gasteiger charge is 2.14. The zero-order valence-electron chi connectivity index (χ0n) is 12.8. The Bertz CT molecular complexity index is 991. The van der Waals surface area contributed by atoms with Gasteiger partial charge < -0.3 is 0 Å². The molecule has 0 aliphatic heterocycles. The molecule has 108 valence electrons. The van der Waals surface area contributed by atoms with E-state index in [-0.39, 0.29) is 0 Å². The molecule has 2 aromatic carbocycles. The van der Waals surface area contributed by atoms with Gasteiger partial charge in [-0.25, -0.2) is 0 Å². The average Bonchev–Trinajstić information content (AvgIpc) is 2.96. The molecular weight excluding hydrogens is 272 g/mol. The molecule has 4 rings (SSSR count). The molecule has 4 nitrogen and oxygen atoms in total. The number of hydrogen-bond donors (Lipinski definition) is 0. The van der Waals surface area contributed by atoms with Gasteiger partial charge in [0.25, 0.3) is 0 Å². The summed E-state index contributed by atoms with van der Waals surface area (Å²) in [6.07, 6.45) is 0. The Hall–Kier alpha value is -2.75. The first-order chi connectivity index (χ1) is 10.6. The number of nitrogens with zero attached hydrogens (tertiary/aromatic N) is 4. The SMILES string of the molecule is Cc1cc(C)c(-c2cc3ccccc3c3nnnn23)c(C)c1. The van der Waals surface area contributed by atoms with Crippen molar-refractivity contribution in [2.45, 2.75) is 20.8 Å². The first-order valence-electron chi connectivity index (χ1n) is 7.33. The minimum Gasteiger partial charge on any atom is -0.192 e. The summed E-state index contributed by atoms with van der Waals surface area (Å²) in [5.41, 5.74) is 6.79. The zero-order valence-corrected chi connectivity index (χ0v) is 12.8. The molecule has 0 saturated heterocycles. The molecule has 0 unspecified atom stereocenters. The lowest BCUT2D eigenvalue weighted by Crippen LogP contribution is -1.99. The molecule has 0 saturated carbocycles. The van der Waals surface area contributed by atoms with Crippen molar-refractivity contribution in [1.29, 1.82) is 0 Å². The molecule has 2 heterocycles. The van der Waals surface area contributed by atoms with E-state index in [1.54, 1.807) is 0 Å². The summed E-state index contributed by atoms with van der Waals surface area (Å²) in [6.45, 7) is 6.40. The van der Waals surface area contributed by atoms with Gasteiger partial charge in [-0.3, -0.25) is 0 Å². The summed E-state index contributed by atoms with van der Waals surface area (Å²) in [5, 5.41) is 14.5. The maximum atomic E-state index is 4.21. The summed E-state index contributed by atoms with van der Waals surface area (Å²) in [4.78, 5) is 0. The Kier molecular flexibility index (Phi) is 2.73. The molecule has 0 amide bonds. The summed E-state index contributed by atoms with van der Waals surface area (Å²) < 4.78 is 1.84. The number of pyridine rings is 1. The first kappa shape index (κ1) is 13.0. The maximum Gasteiger partial charge on any atom is 0.187 e. The molecule has 0 spiro atoms. The fourth-order valence-electron chi connectivity index (χ4n) is 3.31. The summed E-state index contributed by atoms with van der Waals surface area (Å²) in [5.74, 6) is 0. The van der Waals surface area contributed by atoms with Crippen LogP contribution in [0.4, 0.5) is 0 Å². The number of benzene rings is 2. The average molecular weight is 288 g/mol. The Balaban J connectivity index is 2.16. The van der Waals surface area contributed by atoms with E-state index in [9.17, 15) is 0 Å². The third kappa shape index (κ3) is 1.80. The molecule has 0 aliphatic rings. The van der Waals surface area contributed by atoms with E-state index in [0.717, 1.165) is 22.1 Å². The highest BCUT2D eigenvalue weighted by Crippen LogP contribution is 2.31. The predicted molar refractivity (Wildman–Crippen MR) is 87.9 cm³/mol. The largest absolute Gasteiger partial charge is 0.192 e. The van der Waals surface area contributed by atoms with Crippen LogP contribution in [0, 0.1) is 20.8 Å².